The fraction of sp³-hybridized carbons (Fsp3) is 0.684. The van der Waals surface area contributed by atoms with Gasteiger partial charge in [0.2, 0.25) is 5.91 Å². The molecule has 1 unspecified atom stereocenters. The zero-order valence-electron chi connectivity index (χ0n) is 15.4. The zero-order valence-corrected chi connectivity index (χ0v) is 16.2. The lowest BCUT2D eigenvalue weighted by molar-refractivity contribution is -0.135. The van der Waals surface area contributed by atoms with Crippen LogP contribution < -0.4 is 4.90 Å². The highest BCUT2D eigenvalue weighted by Crippen LogP contribution is 2.42. The minimum atomic E-state index is -0.223. The van der Waals surface area contributed by atoms with Crippen molar-refractivity contribution in [2.24, 2.45) is 5.41 Å². The lowest BCUT2D eigenvalue weighted by atomic mass is 9.85. The number of hydrogen-bond donors (Lipinski definition) is 0. The second-order valence-corrected chi connectivity index (χ2v) is 8.18. The molecule has 0 radical (unpaired) electrons. The van der Waals surface area contributed by atoms with Crippen molar-refractivity contribution in [1.82, 2.24) is 14.8 Å². The van der Waals surface area contributed by atoms with Gasteiger partial charge in [0, 0.05) is 52.0 Å². The summed E-state index contributed by atoms with van der Waals surface area (Å²) in [4.78, 5) is 24.4. The monoisotopic (exact) mass is 378 g/mol. The zero-order chi connectivity index (χ0) is 18.1. The summed E-state index contributed by atoms with van der Waals surface area (Å²) in [7, 11) is 0. The first kappa shape index (κ1) is 18.0. The van der Waals surface area contributed by atoms with Gasteiger partial charge in [0.1, 0.15) is 5.82 Å². The van der Waals surface area contributed by atoms with Gasteiger partial charge < -0.3 is 14.5 Å². The number of carbonyl (C=O) groups is 1. The van der Waals surface area contributed by atoms with Crippen molar-refractivity contribution in [2.75, 3.05) is 63.9 Å². The van der Waals surface area contributed by atoms with Crippen molar-refractivity contribution in [1.29, 1.82) is 0 Å². The van der Waals surface area contributed by atoms with E-state index in [-0.39, 0.29) is 5.41 Å². The molecule has 1 atom stereocenters. The van der Waals surface area contributed by atoms with Gasteiger partial charge in [-0.15, -0.1) is 0 Å². The summed E-state index contributed by atoms with van der Waals surface area (Å²) in [6, 6.07) is 1.94. The summed E-state index contributed by atoms with van der Waals surface area (Å²) in [5, 5.41) is 0.659. The molecule has 1 amide bonds. The molecule has 1 aromatic heterocycles. The molecule has 4 rings (SSSR count). The number of morpholine rings is 1. The Hall–Kier alpha value is -1.37. The Morgan fingerprint density at radius 2 is 1.96 bits per heavy atom. The van der Waals surface area contributed by atoms with Gasteiger partial charge in [-0.05, 0) is 31.4 Å². The van der Waals surface area contributed by atoms with E-state index in [1.54, 1.807) is 6.20 Å². The summed E-state index contributed by atoms with van der Waals surface area (Å²) in [5.41, 5.74) is 0.850. The van der Waals surface area contributed by atoms with E-state index in [4.69, 9.17) is 16.3 Å². The molecule has 7 heteroatoms. The molecule has 0 N–H and O–H groups in total. The lowest BCUT2D eigenvalue weighted by Gasteiger charge is -2.29. The van der Waals surface area contributed by atoms with E-state index in [1.165, 1.54) is 0 Å². The number of amides is 1. The van der Waals surface area contributed by atoms with Crippen molar-refractivity contribution in [2.45, 2.75) is 19.8 Å². The average Bonchev–Trinajstić information content (AvgIpc) is 3.20. The summed E-state index contributed by atoms with van der Waals surface area (Å²) in [5.74, 6) is 1.30. The highest BCUT2D eigenvalue weighted by Gasteiger charge is 2.50. The smallest absolute Gasteiger partial charge is 0.230 e. The van der Waals surface area contributed by atoms with Crippen LogP contribution in [0, 0.1) is 12.3 Å². The number of aryl methyl sites for hydroxylation is 1. The minimum absolute atomic E-state index is 0.223. The molecule has 3 fully saturated rings. The molecule has 4 heterocycles. The number of ether oxygens (including phenoxy) is 1. The molecule has 0 aliphatic carbocycles. The summed E-state index contributed by atoms with van der Waals surface area (Å²) in [6.45, 7) is 9.92. The van der Waals surface area contributed by atoms with E-state index < -0.39 is 0 Å². The van der Waals surface area contributed by atoms with E-state index in [0.717, 1.165) is 83.3 Å². The maximum absolute atomic E-state index is 13.1. The van der Waals surface area contributed by atoms with Gasteiger partial charge in [-0.2, -0.15) is 0 Å². The summed E-state index contributed by atoms with van der Waals surface area (Å²) < 4.78 is 5.40. The number of carbonyl (C=O) groups excluding carboxylic acids is 1. The third-order valence-corrected chi connectivity index (χ3v) is 6.27. The molecule has 3 aliphatic heterocycles. The van der Waals surface area contributed by atoms with Gasteiger partial charge in [-0.3, -0.25) is 9.69 Å². The lowest BCUT2D eigenvalue weighted by Crippen LogP contribution is -2.43. The highest BCUT2D eigenvalue weighted by molar-refractivity contribution is 6.30. The van der Waals surface area contributed by atoms with E-state index in [9.17, 15) is 4.79 Å². The molecule has 3 aliphatic rings. The van der Waals surface area contributed by atoms with Crippen molar-refractivity contribution in [3.8, 4) is 0 Å². The van der Waals surface area contributed by atoms with Crippen LogP contribution in [0.25, 0.3) is 0 Å². The number of halogens is 1. The molecular weight excluding hydrogens is 352 g/mol. The van der Waals surface area contributed by atoms with Crippen LogP contribution in [0.1, 0.15) is 18.4 Å². The number of aromatic nitrogens is 1. The van der Waals surface area contributed by atoms with Crippen LogP contribution in [0.4, 0.5) is 5.82 Å². The second kappa shape index (κ2) is 7.33. The Labute approximate surface area is 160 Å². The fourth-order valence-electron chi connectivity index (χ4n) is 4.49. The molecule has 6 nitrogen and oxygen atoms in total. The van der Waals surface area contributed by atoms with Crippen LogP contribution in [-0.2, 0) is 9.53 Å². The first-order valence-corrected chi connectivity index (χ1v) is 9.92. The number of nitrogens with zero attached hydrogens (tertiary/aromatic N) is 4. The third-order valence-electron chi connectivity index (χ3n) is 6.06. The number of likely N-dealkylation sites (tertiary alicyclic amines) is 1. The minimum Gasteiger partial charge on any atom is -0.379 e. The first-order valence-electron chi connectivity index (χ1n) is 9.54. The molecule has 0 bridgehead atoms. The molecule has 1 aromatic rings. The topological polar surface area (TPSA) is 48.9 Å². The van der Waals surface area contributed by atoms with E-state index >= 15 is 0 Å². The Kier molecular flexibility index (Phi) is 5.08. The number of pyridine rings is 1. The van der Waals surface area contributed by atoms with E-state index in [0.29, 0.717) is 10.9 Å². The molecule has 142 valence electrons. The van der Waals surface area contributed by atoms with Crippen molar-refractivity contribution < 1.29 is 9.53 Å². The number of hydrogen-bond acceptors (Lipinski definition) is 5. The standard InChI is InChI=1S/C19H27ClN4O2/c1-15-12-16(20)13-21-17(15)24-5-3-19(14-24)2-4-23(18(19)25)7-6-22-8-10-26-11-9-22/h12-13H,2-11,14H2,1H3. The second-order valence-electron chi connectivity index (χ2n) is 7.74. The Morgan fingerprint density at radius 3 is 2.73 bits per heavy atom. The van der Waals surface area contributed by atoms with Crippen LogP contribution in [0.5, 0.6) is 0 Å². The van der Waals surface area contributed by atoms with Gasteiger partial charge in [-0.1, -0.05) is 11.6 Å². The molecule has 0 aromatic carbocycles. The molecule has 26 heavy (non-hydrogen) atoms. The average molecular weight is 379 g/mol. The first-order chi connectivity index (χ1) is 12.6. The van der Waals surface area contributed by atoms with Crippen LogP contribution >= 0.6 is 11.6 Å². The van der Waals surface area contributed by atoms with Gasteiger partial charge in [0.25, 0.3) is 0 Å². The quantitative estimate of drug-likeness (QED) is 0.799. The van der Waals surface area contributed by atoms with E-state index in [2.05, 4.69) is 19.7 Å². The van der Waals surface area contributed by atoms with Gasteiger partial charge in [-0.25, -0.2) is 4.98 Å². The summed E-state index contributed by atoms with van der Waals surface area (Å²) in [6.07, 6.45) is 3.57. The van der Waals surface area contributed by atoms with Crippen molar-refractivity contribution >= 4 is 23.3 Å². The third kappa shape index (κ3) is 3.42. The highest BCUT2D eigenvalue weighted by atomic mass is 35.5. The normalized spacial score (nSPS) is 27.1. The van der Waals surface area contributed by atoms with Crippen LogP contribution in [0.2, 0.25) is 5.02 Å². The molecule has 0 saturated carbocycles. The number of rotatable bonds is 4. The maximum Gasteiger partial charge on any atom is 0.230 e. The Bertz CT molecular complexity index is 680. The Balaban J connectivity index is 1.38. The predicted molar refractivity (Wildman–Crippen MR) is 102 cm³/mol. The SMILES string of the molecule is Cc1cc(Cl)cnc1N1CCC2(CCN(CCN3CCOCC3)C2=O)C1. The predicted octanol–water partition coefficient (Wildman–Crippen LogP) is 1.80. The molecular formula is C19H27ClN4O2. The fourth-order valence-corrected chi connectivity index (χ4v) is 4.70. The summed E-state index contributed by atoms with van der Waals surface area (Å²) >= 11 is 6.03. The van der Waals surface area contributed by atoms with Crippen molar-refractivity contribution in [3.05, 3.63) is 22.8 Å². The van der Waals surface area contributed by atoms with Gasteiger partial charge >= 0.3 is 0 Å². The van der Waals surface area contributed by atoms with Crippen LogP contribution in [0.15, 0.2) is 12.3 Å². The largest absolute Gasteiger partial charge is 0.379 e. The van der Waals surface area contributed by atoms with Crippen LogP contribution in [-0.4, -0.2) is 79.7 Å². The van der Waals surface area contributed by atoms with Gasteiger partial charge in [0.15, 0.2) is 0 Å². The van der Waals surface area contributed by atoms with Gasteiger partial charge in [0.05, 0.1) is 23.7 Å². The Morgan fingerprint density at radius 1 is 1.19 bits per heavy atom. The van der Waals surface area contributed by atoms with Crippen LogP contribution in [0.3, 0.4) is 0 Å². The maximum atomic E-state index is 13.1. The van der Waals surface area contributed by atoms with E-state index in [1.807, 2.05) is 13.0 Å². The molecule has 3 saturated heterocycles. The molecule has 1 spiro atoms. The number of anilines is 1. The van der Waals surface area contributed by atoms with Crippen molar-refractivity contribution in [3.63, 3.8) is 0 Å².